The normalized spacial score (nSPS) is 15.3. The highest BCUT2D eigenvalue weighted by molar-refractivity contribution is 6.05. The van der Waals surface area contributed by atoms with E-state index in [0.717, 1.165) is 0 Å². The van der Waals surface area contributed by atoms with Gasteiger partial charge < -0.3 is 21.5 Å². The van der Waals surface area contributed by atoms with Crippen molar-refractivity contribution in [3.8, 4) is 0 Å². The maximum absolute atomic E-state index is 11.8. The Morgan fingerprint density at radius 3 is 2.40 bits per heavy atom. The molecule has 0 spiro atoms. The predicted octanol–water partition coefficient (Wildman–Crippen LogP) is 0.773. The number of carboxylic acids is 1. The van der Waals surface area contributed by atoms with Gasteiger partial charge in [-0.05, 0) is 31.0 Å². The molecular weight excluding hydrogens is 262 g/mol. The van der Waals surface area contributed by atoms with Crippen LogP contribution in [0.25, 0.3) is 0 Å². The highest BCUT2D eigenvalue weighted by Crippen LogP contribution is 2.34. The lowest BCUT2D eigenvalue weighted by Gasteiger charge is -2.13. The van der Waals surface area contributed by atoms with Gasteiger partial charge in [0.2, 0.25) is 11.8 Å². The van der Waals surface area contributed by atoms with Crippen LogP contribution < -0.4 is 16.4 Å². The maximum Gasteiger partial charge on any atom is 0.337 e. The fourth-order valence-corrected chi connectivity index (χ4v) is 1.72. The smallest absolute Gasteiger partial charge is 0.337 e. The van der Waals surface area contributed by atoms with Crippen LogP contribution in [0, 0.1) is 0 Å². The SMILES string of the molecule is CC(=O)Nc1ccc(NC(=O)C2(N)CC2)c(C(=O)O)c1. The lowest BCUT2D eigenvalue weighted by atomic mass is 10.1. The molecule has 1 aliphatic rings. The molecule has 0 saturated heterocycles. The summed E-state index contributed by atoms with van der Waals surface area (Å²) in [5.74, 6) is -1.90. The first-order chi connectivity index (χ1) is 9.32. The van der Waals surface area contributed by atoms with Crippen LogP contribution in [0.5, 0.6) is 0 Å². The van der Waals surface area contributed by atoms with Crippen LogP contribution in [0.2, 0.25) is 0 Å². The fraction of sp³-hybridized carbons (Fsp3) is 0.308. The quantitative estimate of drug-likeness (QED) is 0.647. The first-order valence-corrected chi connectivity index (χ1v) is 6.07. The molecule has 0 aliphatic heterocycles. The average molecular weight is 277 g/mol. The van der Waals surface area contributed by atoms with E-state index in [1.165, 1.54) is 25.1 Å². The largest absolute Gasteiger partial charge is 0.478 e. The second-order valence-corrected chi connectivity index (χ2v) is 4.86. The first kappa shape index (κ1) is 14.0. The lowest BCUT2D eigenvalue weighted by Crippen LogP contribution is -2.38. The van der Waals surface area contributed by atoms with E-state index >= 15 is 0 Å². The summed E-state index contributed by atoms with van der Waals surface area (Å²) in [4.78, 5) is 34.0. The van der Waals surface area contributed by atoms with Crippen molar-refractivity contribution in [1.29, 1.82) is 0 Å². The molecule has 0 heterocycles. The number of hydrogen-bond donors (Lipinski definition) is 4. The molecule has 2 amide bonds. The Kier molecular flexibility index (Phi) is 3.46. The van der Waals surface area contributed by atoms with Crippen LogP contribution in [0.4, 0.5) is 11.4 Å². The summed E-state index contributed by atoms with van der Waals surface area (Å²) in [6, 6.07) is 4.23. The van der Waals surface area contributed by atoms with Gasteiger partial charge in [-0.3, -0.25) is 9.59 Å². The summed E-state index contributed by atoms with van der Waals surface area (Å²) in [6.45, 7) is 1.32. The topological polar surface area (TPSA) is 122 Å². The van der Waals surface area contributed by atoms with Crippen molar-refractivity contribution in [3.63, 3.8) is 0 Å². The third kappa shape index (κ3) is 2.94. The molecule has 2 rings (SSSR count). The number of carbonyl (C=O) groups is 3. The molecule has 20 heavy (non-hydrogen) atoms. The van der Waals surface area contributed by atoms with E-state index in [0.29, 0.717) is 18.5 Å². The van der Waals surface area contributed by atoms with Gasteiger partial charge in [0, 0.05) is 12.6 Å². The van der Waals surface area contributed by atoms with Gasteiger partial charge in [-0.2, -0.15) is 0 Å². The summed E-state index contributed by atoms with van der Waals surface area (Å²) >= 11 is 0. The first-order valence-electron chi connectivity index (χ1n) is 6.07. The zero-order valence-corrected chi connectivity index (χ0v) is 10.9. The van der Waals surface area contributed by atoms with Gasteiger partial charge >= 0.3 is 5.97 Å². The van der Waals surface area contributed by atoms with Crippen molar-refractivity contribution in [3.05, 3.63) is 23.8 Å². The number of anilines is 2. The number of rotatable bonds is 4. The Labute approximate surface area is 115 Å². The van der Waals surface area contributed by atoms with E-state index in [2.05, 4.69) is 10.6 Å². The van der Waals surface area contributed by atoms with Crippen LogP contribution in [-0.2, 0) is 9.59 Å². The minimum atomic E-state index is -1.20. The van der Waals surface area contributed by atoms with Gasteiger partial charge in [0.25, 0.3) is 0 Å². The summed E-state index contributed by atoms with van der Waals surface area (Å²) in [7, 11) is 0. The van der Waals surface area contributed by atoms with Crippen molar-refractivity contribution >= 4 is 29.2 Å². The summed E-state index contributed by atoms with van der Waals surface area (Å²) in [5, 5.41) is 14.2. The summed E-state index contributed by atoms with van der Waals surface area (Å²) in [6.07, 6.45) is 1.18. The third-order valence-electron chi connectivity index (χ3n) is 3.06. The molecule has 1 aromatic carbocycles. The Balaban J connectivity index is 2.25. The third-order valence-corrected chi connectivity index (χ3v) is 3.06. The number of nitrogens with one attached hydrogen (secondary N) is 2. The van der Waals surface area contributed by atoms with Crippen LogP contribution >= 0.6 is 0 Å². The zero-order valence-electron chi connectivity index (χ0n) is 10.9. The number of nitrogens with two attached hydrogens (primary N) is 1. The number of benzene rings is 1. The number of aromatic carboxylic acids is 1. The molecule has 0 atom stereocenters. The minimum Gasteiger partial charge on any atom is -0.478 e. The van der Waals surface area contributed by atoms with Gasteiger partial charge in [0.15, 0.2) is 0 Å². The standard InChI is InChI=1S/C13H15N3O4/c1-7(17)15-8-2-3-10(9(6-8)11(18)19)16-12(20)13(14)4-5-13/h2-3,6H,4-5,14H2,1H3,(H,15,17)(H,16,20)(H,18,19). The molecule has 0 radical (unpaired) electrons. The monoisotopic (exact) mass is 277 g/mol. The molecule has 1 saturated carbocycles. The maximum atomic E-state index is 11.8. The van der Waals surface area contributed by atoms with Crippen LogP contribution in [0.15, 0.2) is 18.2 Å². The van der Waals surface area contributed by atoms with Crippen molar-refractivity contribution in [2.24, 2.45) is 5.73 Å². The Morgan fingerprint density at radius 1 is 1.25 bits per heavy atom. The van der Waals surface area contributed by atoms with Crippen LogP contribution in [0.1, 0.15) is 30.1 Å². The number of hydrogen-bond acceptors (Lipinski definition) is 4. The molecule has 5 N–H and O–H groups in total. The molecule has 1 aromatic rings. The van der Waals surface area contributed by atoms with Crippen molar-refractivity contribution in [1.82, 2.24) is 0 Å². The molecule has 7 heteroatoms. The fourth-order valence-electron chi connectivity index (χ4n) is 1.72. The molecule has 106 valence electrons. The minimum absolute atomic E-state index is 0.103. The molecule has 0 bridgehead atoms. The lowest BCUT2D eigenvalue weighted by molar-refractivity contribution is -0.118. The molecule has 1 aliphatic carbocycles. The van der Waals surface area contributed by atoms with Crippen LogP contribution in [-0.4, -0.2) is 28.4 Å². The Bertz CT molecular complexity index is 593. The van der Waals surface area contributed by atoms with Gasteiger partial charge in [0.1, 0.15) is 0 Å². The van der Waals surface area contributed by atoms with E-state index in [1.807, 2.05) is 0 Å². The van der Waals surface area contributed by atoms with Gasteiger partial charge in [-0.1, -0.05) is 0 Å². The van der Waals surface area contributed by atoms with E-state index in [4.69, 9.17) is 10.8 Å². The molecule has 0 unspecified atom stereocenters. The van der Waals surface area contributed by atoms with Crippen LogP contribution in [0.3, 0.4) is 0 Å². The van der Waals surface area contributed by atoms with E-state index < -0.39 is 17.4 Å². The average Bonchev–Trinajstić information content (AvgIpc) is 3.09. The molecular formula is C13H15N3O4. The van der Waals surface area contributed by atoms with Gasteiger partial charge in [-0.25, -0.2) is 4.79 Å². The highest BCUT2D eigenvalue weighted by atomic mass is 16.4. The van der Waals surface area contributed by atoms with E-state index in [-0.39, 0.29) is 17.2 Å². The predicted molar refractivity (Wildman–Crippen MR) is 72.5 cm³/mol. The summed E-state index contributed by atoms with van der Waals surface area (Å²) in [5.41, 5.74) is 5.27. The van der Waals surface area contributed by atoms with Crippen molar-refractivity contribution in [2.45, 2.75) is 25.3 Å². The van der Waals surface area contributed by atoms with E-state index in [1.54, 1.807) is 0 Å². The highest BCUT2D eigenvalue weighted by Gasteiger charge is 2.46. The molecule has 7 nitrogen and oxygen atoms in total. The van der Waals surface area contributed by atoms with Crippen molar-refractivity contribution < 1.29 is 19.5 Å². The molecule has 1 fully saturated rings. The van der Waals surface area contributed by atoms with E-state index in [9.17, 15) is 14.4 Å². The second kappa shape index (κ2) is 4.93. The zero-order chi connectivity index (χ0) is 14.9. The number of carbonyl (C=O) groups excluding carboxylic acids is 2. The molecule has 0 aromatic heterocycles. The number of amides is 2. The van der Waals surface area contributed by atoms with Gasteiger partial charge in [0.05, 0.1) is 16.8 Å². The van der Waals surface area contributed by atoms with Crippen molar-refractivity contribution in [2.75, 3.05) is 10.6 Å². The Morgan fingerprint density at radius 2 is 1.90 bits per heavy atom. The number of carboxylic acid groups (broad SMARTS) is 1. The summed E-state index contributed by atoms with van der Waals surface area (Å²) < 4.78 is 0. The second-order valence-electron chi connectivity index (χ2n) is 4.86. The Hall–Kier alpha value is -2.41. The van der Waals surface area contributed by atoms with Gasteiger partial charge in [-0.15, -0.1) is 0 Å².